The van der Waals surface area contributed by atoms with Crippen molar-refractivity contribution in [2.45, 2.75) is 25.3 Å². The largest absolute Gasteiger partial charge is 0.330 e. The lowest BCUT2D eigenvalue weighted by Gasteiger charge is -2.13. The van der Waals surface area contributed by atoms with E-state index in [1.54, 1.807) is 0 Å². The summed E-state index contributed by atoms with van der Waals surface area (Å²) in [5.41, 5.74) is 6.67. The summed E-state index contributed by atoms with van der Waals surface area (Å²) < 4.78 is 2.22. The van der Waals surface area contributed by atoms with Gasteiger partial charge in [-0.3, -0.25) is 0 Å². The number of rotatable bonds is 2. The Balaban J connectivity index is 1.99. The zero-order valence-electron chi connectivity index (χ0n) is 9.51. The van der Waals surface area contributed by atoms with Gasteiger partial charge >= 0.3 is 0 Å². The van der Waals surface area contributed by atoms with E-state index in [0.717, 1.165) is 24.0 Å². The lowest BCUT2D eigenvalue weighted by molar-refractivity contribution is 0.490. The highest BCUT2D eigenvalue weighted by atomic mass is 35.5. The Hall–Kier alpha value is -1.13. The van der Waals surface area contributed by atoms with Gasteiger partial charge in [-0.2, -0.15) is 0 Å². The molecule has 2 aromatic heterocycles. The Bertz CT molecular complexity index is 536. The van der Waals surface area contributed by atoms with Crippen LogP contribution in [0.3, 0.4) is 0 Å². The molecule has 2 unspecified atom stereocenters. The first-order chi connectivity index (χ1) is 8.29. The van der Waals surface area contributed by atoms with Gasteiger partial charge in [-0.25, -0.2) is 9.97 Å². The van der Waals surface area contributed by atoms with Gasteiger partial charge in [-0.15, -0.1) is 0 Å². The Kier molecular flexibility index (Phi) is 2.76. The zero-order chi connectivity index (χ0) is 11.8. The molecule has 4 nitrogen and oxygen atoms in total. The van der Waals surface area contributed by atoms with E-state index in [1.807, 2.05) is 6.07 Å². The van der Waals surface area contributed by atoms with Crippen molar-refractivity contribution in [1.29, 1.82) is 0 Å². The van der Waals surface area contributed by atoms with Gasteiger partial charge < -0.3 is 10.3 Å². The molecule has 2 aromatic rings. The van der Waals surface area contributed by atoms with Crippen LogP contribution in [0.25, 0.3) is 11.0 Å². The van der Waals surface area contributed by atoms with Crippen LogP contribution in [0.5, 0.6) is 0 Å². The lowest BCUT2D eigenvalue weighted by atomic mass is 10.1. The Morgan fingerprint density at radius 3 is 3.06 bits per heavy atom. The molecule has 0 radical (unpaired) electrons. The summed E-state index contributed by atoms with van der Waals surface area (Å²) >= 11 is 6.05. The first-order valence-corrected chi connectivity index (χ1v) is 6.34. The third kappa shape index (κ3) is 1.81. The number of nitrogens with two attached hydrogens (primary N) is 1. The molecule has 2 atom stereocenters. The van der Waals surface area contributed by atoms with Crippen molar-refractivity contribution >= 4 is 22.6 Å². The van der Waals surface area contributed by atoms with Crippen LogP contribution in [0.4, 0.5) is 0 Å². The highest BCUT2D eigenvalue weighted by molar-refractivity contribution is 6.33. The van der Waals surface area contributed by atoms with Crippen molar-refractivity contribution in [2.24, 2.45) is 11.7 Å². The van der Waals surface area contributed by atoms with Gasteiger partial charge in [0.1, 0.15) is 17.1 Å². The Morgan fingerprint density at radius 2 is 2.29 bits per heavy atom. The van der Waals surface area contributed by atoms with Crippen molar-refractivity contribution in [3.63, 3.8) is 0 Å². The fourth-order valence-electron chi connectivity index (χ4n) is 2.75. The van der Waals surface area contributed by atoms with Crippen LogP contribution < -0.4 is 5.73 Å². The van der Waals surface area contributed by atoms with Gasteiger partial charge in [-0.05, 0) is 37.8 Å². The second-order valence-corrected chi connectivity index (χ2v) is 5.05. The molecule has 1 aliphatic carbocycles. The minimum atomic E-state index is 0.506. The number of hydrogen-bond acceptors (Lipinski definition) is 3. The molecule has 5 heteroatoms. The van der Waals surface area contributed by atoms with E-state index in [9.17, 15) is 0 Å². The SMILES string of the molecule is NCC1CCC(n2ccc3c(Cl)ncnc32)C1. The predicted octanol–water partition coefficient (Wildman–Crippen LogP) is 2.38. The first kappa shape index (κ1) is 11.0. The molecule has 90 valence electrons. The van der Waals surface area contributed by atoms with Gasteiger partial charge in [0, 0.05) is 12.2 Å². The average molecular weight is 251 g/mol. The minimum absolute atomic E-state index is 0.506. The predicted molar refractivity (Wildman–Crippen MR) is 68.0 cm³/mol. The van der Waals surface area contributed by atoms with Crippen LogP contribution in [-0.2, 0) is 0 Å². The molecule has 2 N–H and O–H groups in total. The van der Waals surface area contributed by atoms with Crippen LogP contribution in [-0.4, -0.2) is 21.1 Å². The van der Waals surface area contributed by atoms with Crippen LogP contribution in [0.2, 0.25) is 5.15 Å². The van der Waals surface area contributed by atoms with E-state index < -0.39 is 0 Å². The lowest BCUT2D eigenvalue weighted by Crippen LogP contribution is -2.12. The molecule has 1 saturated carbocycles. The molecule has 1 fully saturated rings. The monoisotopic (exact) mass is 250 g/mol. The number of nitrogens with zero attached hydrogens (tertiary/aromatic N) is 3. The van der Waals surface area contributed by atoms with Crippen LogP contribution >= 0.6 is 11.6 Å². The summed E-state index contributed by atoms with van der Waals surface area (Å²) in [5, 5.41) is 1.47. The normalized spacial score (nSPS) is 24.6. The molecule has 0 aliphatic heterocycles. The second-order valence-electron chi connectivity index (χ2n) is 4.69. The topological polar surface area (TPSA) is 56.7 Å². The van der Waals surface area contributed by atoms with Crippen LogP contribution in [0.1, 0.15) is 25.3 Å². The van der Waals surface area contributed by atoms with Crippen LogP contribution in [0, 0.1) is 5.92 Å². The third-order valence-electron chi connectivity index (χ3n) is 3.70. The standard InChI is InChI=1S/C12H15ClN4/c13-11-10-3-4-17(12(10)16-7-15-11)9-2-1-8(5-9)6-14/h3-4,7-9H,1-2,5-6,14H2. The molecule has 0 bridgehead atoms. The van der Waals surface area contributed by atoms with E-state index in [2.05, 4.69) is 20.7 Å². The molecule has 0 saturated heterocycles. The molecule has 0 aromatic carbocycles. The minimum Gasteiger partial charge on any atom is -0.330 e. The Morgan fingerprint density at radius 1 is 1.41 bits per heavy atom. The first-order valence-electron chi connectivity index (χ1n) is 5.96. The molecule has 2 heterocycles. The zero-order valence-corrected chi connectivity index (χ0v) is 10.3. The number of fused-ring (bicyclic) bond motifs is 1. The van der Waals surface area contributed by atoms with E-state index in [4.69, 9.17) is 17.3 Å². The van der Waals surface area contributed by atoms with Gasteiger partial charge in [0.05, 0.1) is 5.39 Å². The highest BCUT2D eigenvalue weighted by Crippen LogP contribution is 2.36. The van der Waals surface area contributed by atoms with E-state index in [0.29, 0.717) is 17.1 Å². The highest BCUT2D eigenvalue weighted by Gasteiger charge is 2.26. The summed E-state index contributed by atoms with van der Waals surface area (Å²) in [6.45, 7) is 0.783. The van der Waals surface area contributed by atoms with E-state index in [1.165, 1.54) is 19.2 Å². The summed E-state index contributed by atoms with van der Waals surface area (Å²) in [7, 11) is 0. The molecule has 3 rings (SSSR count). The summed E-state index contributed by atoms with van der Waals surface area (Å²) in [6.07, 6.45) is 7.11. The number of hydrogen-bond donors (Lipinski definition) is 1. The third-order valence-corrected chi connectivity index (χ3v) is 4.00. The van der Waals surface area contributed by atoms with Crippen LogP contribution in [0.15, 0.2) is 18.6 Å². The average Bonchev–Trinajstić information content (AvgIpc) is 2.94. The van der Waals surface area contributed by atoms with Crippen molar-refractivity contribution in [1.82, 2.24) is 14.5 Å². The molecule has 0 spiro atoms. The maximum Gasteiger partial charge on any atom is 0.145 e. The van der Waals surface area contributed by atoms with E-state index in [-0.39, 0.29) is 0 Å². The Labute approximate surface area is 105 Å². The molecule has 0 amide bonds. The fraction of sp³-hybridized carbons (Fsp3) is 0.500. The van der Waals surface area contributed by atoms with Crippen molar-refractivity contribution < 1.29 is 0 Å². The second kappa shape index (κ2) is 4.27. The molecule has 1 aliphatic rings. The maximum atomic E-state index is 6.05. The maximum absolute atomic E-state index is 6.05. The molecular formula is C12H15ClN4. The van der Waals surface area contributed by atoms with Gasteiger partial charge in [-0.1, -0.05) is 11.6 Å². The summed E-state index contributed by atoms with van der Waals surface area (Å²) in [6, 6.07) is 2.50. The van der Waals surface area contributed by atoms with Gasteiger partial charge in [0.15, 0.2) is 0 Å². The number of aromatic nitrogens is 3. The van der Waals surface area contributed by atoms with Crippen molar-refractivity contribution in [2.75, 3.05) is 6.54 Å². The summed E-state index contributed by atoms with van der Waals surface area (Å²) in [4.78, 5) is 8.33. The fourth-order valence-corrected chi connectivity index (χ4v) is 2.94. The quantitative estimate of drug-likeness (QED) is 0.833. The van der Waals surface area contributed by atoms with Gasteiger partial charge in [0.25, 0.3) is 0 Å². The molecule has 17 heavy (non-hydrogen) atoms. The van der Waals surface area contributed by atoms with Crippen molar-refractivity contribution in [3.8, 4) is 0 Å². The molecular weight excluding hydrogens is 236 g/mol. The smallest absolute Gasteiger partial charge is 0.145 e. The van der Waals surface area contributed by atoms with Crippen molar-refractivity contribution in [3.05, 3.63) is 23.7 Å². The van der Waals surface area contributed by atoms with Gasteiger partial charge in [0.2, 0.25) is 0 Å². The summed E-state index contributed by atoms with van der Waals surface area (Å²) in [5.74, 6) is 0.648. The number of halogens is 1. The van der Waals surface area contributed by atoms with E-state index >= 15 is 0 Å².